The summed E-state index contributed by atoms with van der Waals surface area (Å²) in [5.41, 5.74) is 12.3. The number of hydrogen-bond acceptors (Lipinski definition) is 4. The number of nitrogens with two attached hydrogens (primary N) is 2. The highest BCUT2D eigenvalue weighted by Gasteiger charge is 2.06. The van der Waals surface area contributed by atoms with Crippen molar-refractivity contribution in [2.75, 3.05) is 11.5 Å². The topological polar surface area (TPSA) is 75.8 Å². The van der Waals surface area contributed by atoms with Crippen molar-refractivity contribution in [1.82, 2.24) is 0 Å². The number of benzene rings is 1. The van der Waals surface area contributed by atoms with Crippen LogP contribution in [-0.4, -0.2) is 0 Å². The Morgan fingerprint density at radius 1 is 1.31 bits per heavy atom. The second-order valence-electron chi connectivity index (χ2n) is 2.70. The summed E-state index contributed by atoms with van der Waals surface area (Å²) in [7, 11) is 0. The zero-order chi connectivity index (χ0) is 9.42. The third-order valence-corrected chi connectivity index (χ3v) is 2.79. The fraction of sp³-hybridized carbons (Fsp3) is 0. The molecule has 4 heteroatoms. The minimum atomic E-state index is 0.507. The molecule has 0 unspecified atom stereocenters. The number of thiophene rings is 1. The summed E-state index contributed by atoms with van der Waals surface area (Å²) < 4.78 is 1.00. The maximum atomic E-state index is 8.86. The van der Waals surface area contributed by atoms with Crippen molar-refractivity contribution in [1.29, 1.82) is 5.26 Å². The Labute approximate surface area is 79.2 Å². The van der Waals surface area contributed by atoms with Gasteiger partial charge in [-0.3, -0.25) is 0 Å². The molecule has 13 heavy (non-hydrogen) atoms. The number of nitrogen functional groups attached to an aromatic ring is 2. The van der Waals surface area contributed by atoms with Crippen LogP contribution in [0.1, 0.15) is 5.56 Å². The van der Waals surface area contributed by atoms with Crippen molar-refractivity contribution in [3.63, 3.8) is 0 Å². The Balaban J connectivity index is 2.93. The summed E-state index contributed by atoms with van der Waals surface area (Å²) in [5, 5.41) is 10.4. The quantitative estimate of drug-likeness (QED) is 0.622. The van der Waals surface area contributed by atoms with E-state index >= 15 is 0 Å². The van der Waals surface area contributed by atoms with E-state index in [1.807, 2.05) is 6.07 Å². The average Bonchev–Trinajstić information content (AvgIpc) is 2.45. The van der Waals surface area contributed by atoms with Gasteiger partial charge in [-0.1, -0.05) is 0 Å². The van der Waals surface area contributed by atoms with Crippen LogP contribution < -0.4 is 11.5 Å². The van der Waals surface area contributed by atoms with Crippen LogP contribution in [0, 0.1) is 11.3 Å². The molecular weight excluding hydrogens is 182 g/mol. The summed E-state index contributed by atoms with van der Waals surface area (Å²) in [6.45, 7) is 0. The number of anilines is 2. The van der Waals surface area contributed by atoms with Gasteiger partial charge in [0.05, 0.1) is 16.3 Å². The van der Waals surface area contributed by atoms with E-state index in [4.69, 9.17) is 16.7 Å². The van der Waals surface area contributed by atoms with Crippen LogP contribution in [0.4, 0.5) is 10.7 Å². The van der Waals surface area contributed by atoms with Crippen LogP contribution in [0.3, 0.4) is 0 Å². The molecule has 0 saturated carbocycles. The van der Waals surface area contributed by atoms with E-state index in [9.17, 15) is 0 Å². The molecule has 0 saturated heterocycles. The molecule has 0 radical (unpaired) electrons. The molecule has 0 atom stereocenters. The van der Waals surface area contributed by atoms with Crippen molar-refractivity contribution in [3.8, 4) is 6.07 Å². The van der Waals surface area contributed by atoms with Crippen molar-refractivity contribution in [2.24, 2.45) is 0 Å². The summed E-state index contributed by atoms with van der Waals surface area (Å²) in [4.78, 5) is 0. The van der Waals surface area contributed by atoms with E-state index in [0.29, 0.717) is 16.3 Å². The fourth-order valence-electron chi connectivity index (χ4n) is 1.27. The first kappa shape index (κ1) is 7.90. The van der Waals surface area contributed by atoms with Crippen LogP contribution in [0.15, 0.2) is 18.2 Å². The van der Waals surface area contributed by atoms with E-state index in [1.165, 1.54) is 11.3 Å². The molecule has 0 bridgehead atoms. The lowest BCUT2D eigenvalue weighted by molar-refractivity contribution is 1.51. The summed E-state index contributed by atoms with van der Waals surface area (Å²) in [6.07, 6.45) is 0. The Kier molecular flexibility index (Phi) is 1.61. The normalized spacial score (nSPS) is 10.1. The summed E-state index contributed by atoms with van der Waals surface area (Å²) >= 11 is 1.46. The number of nitriles is 1. The highest BCUT2D eigenvalue weighted by atomic mass is 32.1. The second kappa shape index (κ2) is 2.64. The largest absolute Gasteiger partial charge is 0.398 e. The molecule has 0 amide bonds. The van der Waals surface area contributed by atoms with Gasteiger partial charge in [0, 0.05) is 10.1 Å². The van der Waals surface area contributed by atoms with Crippen LogP contribution in [0.5, 0.6) is 0 Å². The van der Waals surface area contributed by atoms with Gasteiger partial charge < -0.3 is 11.5 Å². The van der Waals surface area contributed by atoms with Gasteiger partial charge in [-0.25, -0.2) is 0 Å². The Morgan fingerprint density at radius 3 is 2.77 bits per heavy atom. The van der Waals surface area contributed by atoms with E-state index < -0.39 is 0 Å². The molecule has 1 heterocycles. The molecule has 2 rings (SSSR count). The molecule has 2 aromatic rings. The molecule has 3 nitrogen and oxygen atoms in total. The van der Waals surface area contributed by atoms with E-state index in [1.54, 1.807) is 12.1 Å². The van der Waals surface area contributed by atoms with E-state index in [-0.39, 0.29) is 0 Å². The highest BCUT2D eigenvalue weighted by Crippen LogP contribution is 2.32. The van der Waals surface area contributed by atoms with E-state index in [2.05, 4.69) is 6.07 Å². The van der Waals surface area contributed by atoms with Gasteiger partial charge in [-0.2, -0.15) is 5.26 Å². The molecule has 1 aromatic heterocycles. The monoisotopic (exact) mass is 189 g/mol. The maximum absolute atomic E-state index is 8.86. The van der Waals surface area contributed by atoms with Crippen molar-refractivity contribution >= 4 is 32.1 Å². The molecule has 4 N–H and O–H groups in total. The average molecular weight is 189 g/mol. The van der Waals surface area contributed by atoms with Gasteiger partial charge in [-0.05, 0) is 18.2 Å². The number of nitrogens with zero attached hydrogens (tertiary/aromatic N) is 1. The summed E-state index contributed by atoms with van der Waals surface area (Å²) in [6, 6.07) is 7.48. The zero-order valence-electron chi connectivity index (χ0n) is 6.74. The molecular formula is C9H7N3S. The number of rotatable bonds is 0. The zero-order valence-corrected chi connectivity index (χ0v) is 7.56. The van der Waals surface area contributed by atoms with Crippen molar-refractivity contribution < 1.29 is 0 Å². The van der Waals surface area contributed by atoms with Gasteiger partial charge in [0.1, 0.15) is 6.07 Å². The highest BCUT2D eigenvalue weighted by molar-refractivity contribution is 7.22. The predicted molar refractivity (Wildman–Crippen MR) is 55.4 cm³/mol. The third kappa shape index (κ3) is 1.10. The van der Waals surface area contributed by atoms with Crippen molar-refractivity contribution in [2.45, 2.75) is 0 Å². The molecule has 0 aliphatic carbocycles. The Bertz CT molecular complexity index is 507. The van der Waals surface area contributed by atoms with Crippen LogP contribution in [0.2, 0.25) is 0 Å². The fourth-order valence-corrected chi connectivity index (χ4v) is 2.11. The number of hydrogen-bond donors (Lipinski definition) is 2. The Morgan fingerprint density at radius 2 is 2.08 bits per heavy atom. The van der Waals surface area contributed by atoms with Gasteiger partial charge in [-0.15, -0.1) is 11.3 Å². The Hall–Kier alpha value is -1.73. The molecule has 64 valence electrons. The lowest BCUT2D eigenvalue weighted by Gasteiger charge is -1.96. The minimum Gasteiger partial charge on any atom is -0.398 e. The number of fused-ring (bicyclic) bond motifs is 1. The standard InChI is InChI=1S/C9H7N3S/c10-4-6-5-3-9(12)13-8(5)2-1-7(6)11/h1-3H,11-12H2. The molecule has 0 aliphatic heterocycles. The maximum Gasteiger partial charge on any atom is 0.102 e. The first-order valence-electron chi connectivity index (χ1n) is 3.70. The van der Waals surface area contributed by atoms with Crippen LogP contribution in [0.25, 0.3) is 10.1 Å². The first-order valence-corrected chi connectivity index (χ1v) is 4.51. The molecule has 0 spiro atoms. The minimum absolute atomic E-state index is 0.507. The van der Waals surface area contributed by atoms with Gasteiger partial charge in [0.15, 0.2) is 0 Å². The molecule has 0 fully saturated rings. The first-order chi connectivity index (χ1) is 6.22. The van der Waals surface area contributed by atoms with Gasteiger partial charge in [0.2, 0.25) is 0 Å². The summed E-state index contributed by atoms with van der Waals surface area (Å²) in [5.74, 6) is 0. The predicted octanol–water partition coefficient (Wildman–Crippen LogP) is 1.94. The van der Waals surface area contributed by atoms with Crippen molar-refractivity contribution in [3.05, 3.63) is 23.8 Å². The van der Waals surface area contributed by atoms with Crippen LogP contribution >= 0.6 is 11.3 Å². The lowest BCUT2D eigenvalue weighted by Crippen LogP contribution is -1.89. The molecule has 1 aromatic carbocycles. The molecule has 0 aliphatic rings. The lowest BCUT2D eigenvalue weighted by atomic mass is 10.1. The second-order valence-corrected chi connectivity index (χ2v) is 3.82. The SMILES string of the molecule is N#Cc1c(N)ccc2sc(N)cc12. The van der Waals surface area contributed by atoms with Crippen LogP contribution in [-0.2, 0) is 0 Å². The van der Waals surface area contributed by atoms with Gasteiger partial charge in [0.25, 0.3) is 0 Å². The van der Waals surface area contributed by atoms with Gasteiger partial charge >= 0.3 is 0 Å². The third-order valence-electron chi connectivity index (χ3n) is 1.86. The van der Waals surface area contributed by atoms with E-state index in [0.717, 1.165) is 10.1 Å². The smallest absolute Gasteiger partial charge is 0.102 e.